The first-order valence-electron chi connectivity index (χ1n) is 3.12. The highest BCUT2D eigenvalue weighted by atomic mass is 79.9. The fourth-order valence-electron chi connectivity index (χ4n) is 0.623. The molecule has 1 saturated carbocycles. The Hall–Kier alpha value is -0.0900. The van der Waals surface area contributed by atoms with E-state index in [0.29, 0.717) is 6.10 Å². The molecular weight excluding hydrogens is 214 g/mol. The lowest BCUT2D eigenvalue weighted by molar-refractivity contribution is 0.301. The van der Waals surface area contributed by atoms with Gasteiger partial charge in [0.25, 0.3) is 5.19 Å². The van der Waals surface area contributed by atoms with Crippen molar-refractivity contribution in [3.63, 3.8) is 0 Å². The van der Waals surface area contributed by atoms with E-state index in [1.807, 2.05) is 0 Å². The number of thiazole rings is 1. The molecule has 2 rings (SSSR count). The molecule has 0 N–H and O–H groups in total. The second-order valence-corrected chi connectivity index (χ2v) is 4.62. The van der Waals surface area contributed by atoms with Crippen LogP contribution in [0.15, 0.2) is 9.98 Å². The molecule has 0 unspecified atom stereocenters. The van der Waals surface area contributed by atoms with Crippen molar-refractivity contribution in [2.45, 2.75) is 18.9 Å². The maximum Gasteiger partial charge on any atom is 0.274 e. The highest BCUT2D eigenvalue weighted by Crippen LogP contribution is 2.31. The Bertz CT molecular complexity index is 233. The summed E-state index contributed by atoms with van der Waals surface area (Å²) in [4.78, 5) is 4.05. The molecule has 1 aromatic rings. The van der Waals surface area contributed by atoms with Crippen molar-refractivity contribution >= 4 is 27.3 Å². The second-order valence-electron chi connectivity index (χ2n) is 2.25. The van der Waals surface area contributed by atoms with Gasteiger partial charge in [-0.2, -0.15) is 0 Å². The summed E-state index contributed by atoms with van der Waals surface area (Å²) in [5.41, 5.74) is 0. The number of halogens is 1. The molecular formula is C6H6BrNOS. The van der Waals surface area contributed by atoms with Crippen LogP contribution in [-0.2, 0) is 0 Å². The normalized spacial score (nSPS) is 17.3. The molecule has 2 nitrogen and oxygen atoms in total. The summed E-state index contributed by atoms with van der Waals surface area (Å²) < 4.78 is 6.45. The van der Waals surface area contributed by atoms with Crippen molar-refractivity contribution < 1.29 is 4.74 Å². The Labute approximate surface area is 71.4 Å². The van der Waals surface area contributed by atoms with Gasteiger partial charge in [0.15, 0.2) is 0 Å². The van der Waals surface area contributed by atoms with Crippen molar-refractivity contribution in [2.24, 2.45) is 0 Å². The zero-order chi connectivity index (χ0) is 6.97. The standard InChI is InChI=1S/C6H6BrNOS/c7-5-3-8-6(10-5)9-4-1-2-4/h3-4H,1-2H2. The molecule has 0 amide bonds. The zero-order valence-corrected chi connectivity index (χ0v) is 7.61. The van der Waals surface area contributed by atoms with E-state index >= 15 is 0 Å². The van der Waals surface area contributed by atoms with Crippen LogP contribution in [0, 0.1) is 0 Å². The van der Waals surface area contributed by atoms with E-state index < -0.39 is 0 Å². The van der Waals surface area contributed by atoms with Crippen LogP contribution in [0.2, 0.25) is 0 Å². The molecule has 1 heterocycles. The van der Waals surface area contributed by atoms with Gasteiger partial charge in [-0.1, -0.05) is 11.3 Å². The van der Waals surface area contributed by atoms with Crippen molar-refractivity contribution in [3.05, 3.63) is 9.98 Å². The summed E-state index contributed by atoms with van der Waals surface area (Å²) in [6.45, 7) is 0. The molecule has 1 aliphatic rings. The number of hydrogen-bond acceptors (Lipinski definition) is 3. The van der Waals surface area contributed by atoms with Gasteiger partial charge in [0.05, 0.1) is 9.98 Å². The molecule has 0 aromatic carbocycles. The third kappa shape index (κ3) is 1.49. The summed E-state index contributed by atoms with van der Waals surface area (Å²) in [5, 5.41) is 0.786. The highest BCUT2D eigenvalue weighted by Gasteiger charge is 2.24. The van der Waals surface area contributed by atoms with Gasteiger partial charge in [0.1, 0.15) is 6.10 Å². The fraction of sp³-hybridized carbons (Fsp3) is 0.500. The molecule has 10 heavy (non-hydrogen) atoms. The van der Waals surface area contributed by atoms with Crippen LogP contribution >= 0.6 is 27.3 Å². The van der Waals surface area contributed by atoms with Crippen LogP contribution < -0.4 is 4.74 Å². The lowest BCUT2D eigenvalue weighted by Gasteiger charge is -1.94. The van der Waals surface area contributed by atoms with E-state index in [9.17, 15) is 0 Å². The molecule has 1 aromatic heterocycles. The maximum atomic E-state index is 5.42. The summed E-state index contributed by atoms with van der Waals surface area (Å²) in [7, 11) is 0. The fourth-order valence-corrected chi connectivity index (χ4v) is 1.70. The largest absolute Gasteiger partial charge is 0.467 e. The highest BCUT2D eigenvalue weighted by molar-refractivity contribution is 9.11. The predicted octanol–water partition coefficient (Wildman–Crippen LogP) is 2.45. The summed E-state index contributed by atoms with van der Waals surface area (Å²) >= 11 is 4.86. The van der Waals surface area contributed by atoms with Gasteiger partial charge in [-0.15, -0.1) is 0 Å². The van der Waals surface area contributed by atoms with Crippen molar-refractivity contribution in [1.82, 2.24) is 4.98 Å². The Morgan fingerprint density at radius 3 is 3.00 bits per heavy atom. The number of rotatable bonds is 2. The lowest BCUT2D eigenvalue weighted by atomic mass is 10.8. The Balaban J connectivity index is 2.03. The van der Waals surface area contributed by atoms with Gasteiger partial charge in [-0.05, 0) is 28.8 Å². The Morgan fingerprint density at radius 1 is 1.70 bits per heavy atom. The minimum absolute atomic E-state index is 0.457. The van der Waals surface area contributed by atoms with Crippen LogP contribution in [0.5, 0.6) is 5.19 Å². The average Bonchev–Trinajstić information content (AvgIpc) is 2.59. The molecule has 4 heteroatoms. The number of hydrogen-bond donors (Lipinski definition) is 0. The van der Waals surface area contributed by atoms with E-state index in [0.717, 1.165) is 8.98 Å². The summed E-state index contributed by atoms with van der Waals surface area (Å²) in [5.74, 6) is 0. The number of nitrogens with zero attached hydrogens (tertiary/aromatic N) is 1. The monoisotopic (exact) mass is 219 g/mol. The smallest absolute Gasteiger partial charge is 0.274 e. The van der Waals surface area contributed by atoms with Gasteiger partial charge < -0.3 is 4.74 Å². The van der Waals surface area contributed by atoms with Crippen LogP contribution in [-0.4, -0.2) is 11.1 Å². The van der Waals surface area contributed by atoms with Crippen molar-refractivity contribution in [1.29, 1.82) is 0 Å². The van der Waals surface area contributed by atoms with Gasteiger partial charge in [0, 0.05) is 0 Å². The van der Waals surface area contributed by atoms with Gasteiger partial charge >= 0.3 is 0 Å². The summed E-state index contributed by atoms with van der Waals surface area (Å²) in [6, 6.07) is 0. The van der Waals surface area contributed by atoms with Gasteiger partial charge in [0.2, 0.25) is 0 Å². The maximum absolute atomic E-state index is 5.42. The van der Waals surface area contributed by atoms with E-state index in [4.69, 9.17) is 4.74 Å². The predicted molar refractivity (Wildman–Crippen MR) is 43.5 cm³/mol. The minimum atomic E-state index is 0.457. The van der Waals surface area contributed by atoms with E-state index in [1.165, 1.54) is 24.2 Å². The molecule has 0 atom stereocenters. The average molecular weight is 220 g/mol. The second kappa shape index (κ2) is 2.51. The van der Waals surface area contributed by atoms with Crippen LogP contribution in [0.4, 0.5) is 0 Å². The number of ether oxygens (including phenoxy) is 1. The molecule has 0 radical (unpaired) electrons. The third-order valence-electron chi connectivity index (χ3n) is 1.25. The molecule has 0 aliphatic heterocycles. The number of aromatic nitrogens is 1. The minimum Gasteiger partial charge on any atom is -0.467 e. The summed E-state index contributed by atoms with van der Waals surface area (Å²) in [6.07, 6.45) is 4.61. The topological polar surface area (TPSA) is 22.1 Å². The third-order valence-corrected chi connectivity index (χ3v) is 2.62. The Morgan fingerprint density at radius 2 is 2.50 bits per heavy atom. The quantitative estimate of drug-likeness (QED) is 0.763. The van der Waals surface area contributed by atoms with E-state index in [-0.39, 0.29) is 0 Å². The SMILES string of the molecule is Brc1cnc(OC2CC2)s1. The van der Waals surface area contributed by atoms with E-state index in [1.54, 1.807) is 6.20 Å². The first-order chi connectivity index (χ1) is 4.84. The van der Waals surface area contributed by atoms with E-state index in [2.05, 4.69) is 20.9 Å². The molecule has 0 bridgehead atoms. The van der Waals surface area contributed by atoms with Gasteiger partial charge in [-0.25, -0.2) is 4.98 Å². The van der Waals surface area contributed by atoms with Gasteiger partial charge in [-0.3, -0.25) is 0 Å². The van der Waals surface area contributed by atoms with Crippen molar-refractivity contribution in [2.75, 3.05) is 0 Å². The van der Waals surface area contributed by atoms with Crippen LogP contribution in [0.25, 0.3) is 0 Å². The van der Waals surface area contributed by atoms with Crippen LogP contribution in [0.1, 0.15) is 12.8 Å². The first kappa shape index (κ1) is 6.61. The Kier molecular flexibility index (Phi) is 1.66. The first-order valence-corrected chi connectivity index (χ1v) is 4.73. The molecule has 0 spiro atoms. The molecule has 1 aliphatic carbocycles. The molecule has 54 valence electrons. The zero-order valence-electron chi connectivity index (χ0n) is 5.21. The van der Waals surface area contributed by atoms with Crippen LogP contribution in [0.3, 0.4) is 0 Å². The molecule has 0 saturated heterocycles. The molecule has 1 fully saturated rings. The lowest BCUT2D eigenvalue weighted by Crippen LogP contribution is -1.93. The van der Waals surface area contributed by atoms with Crippen molar-refractivity contribution in [3.8, 4) is 5.19 Å².